The fourth-order valence-electron chi connectivity index (χ4n) is 3.83. The third-order valence-electron chi connectivity index (χ3n) is 5.56. The lowest BCUT2D eigenvalue weighted by atomic mass is 10.1. The first-order valence-electron chi connectivity index (χ1n) is 10.6. The van der Waals surface area contributed by atoms with Crippen molar-refractivity contribution in [2.24, 2.45) is 0 Å². The van der Waals surface area contributed by atoms with E-state index in [1.165, 1.54) is 24.8 Å². The van der Waals surface area contributed by atoms with Gasteiger partial charge in [-0.1, -0.05) is 35.5 Å². The zero-order valence-electron chi connectivity index (χ0n) is 18.0. The van der Waals surface area contributed by atoms with E-state index in [2.05, 4.69) is 46.5 Å². The Morgan fingerprint density at radius 1 is 1.17 bits per heavy atom. The molecule has 7 nitrogen and oxygen atoms in total. The highest BCUT2D eigenvalue weighted by atomic mass is 32.1. The summed E-state index contributed by atoms with van der Waals surface area (Å²) in [5, 5.41) is 8.54. The van der Waals surface area contributed by atoms with Crippen molar-refractivity contribution in [3.05, 3.63) is 35.5 Å². The van der Waals surface area contributed by atoms with Gasteiger partial charge in [0.25, 0.3) is 0 Å². The number of hydrogen-bond acceptors (Lipinski definition) is 6. The molecule has 30 heavy (non-hydrogen) atoms. The minimum Gasteiger partial charge on any atom is -0.353 e. The van der Waals surface area contributed by atoms with Crippen LogP contribution in [0.25, 0.3) is 16.0 Å². The van der Waals surface area contributed by atoms with Gasteiger partial charge < -0.3 is 15.1 Å². The first-order valence-corrected chi connectivity index (χ1v) is 11.5. The fraction of sp³-hybridized carbons (Fsp3) is 0.500. The summed E-state index contributed by atoms with van der Waals surface area (Å²) < 4.78 is 2.94. The predicted octanol–water partition coefficient (Wildman–Crippen LogP) is 3.14. The van der Waals surface area contributed by atoms with Crippen LogP contribution in [0.1, 0.15) is 30.5 Å². The summed E-state index contributed by atoms with van der Waals surface area (Å²) in [5.41, 5.74) is 4.00. The summed E-state index contributed by atoms with van der Waals surface area (Å²) in [6, 6.07) is 8.26. The Morgan fingerprint density at radius 3 is 2.63 bits per heavy atom. The molecule has 1 fully saturated rings. The minimum absolute atomic E-state index is 0.0330. The summed E-state index contributed by atoms with van der Waals surface area (Å²) >= 11 is 1.58. The smallest absolute Gasteiger partial charge is 0.239 e. The molecule has 0 atom stereocenters. The number of fused-ring (bicyclic) bond motifs is 1. The number of piperidine rings is 1. The van der Waals surface area contributed by atoms with Gasteiger partial charge in [-0.15, -0.1) is 0 Å². The topological polar surface area (TPSA) is 66.3 Å². The standard InChI is InChI=1S/C22H30N6OS/c1-16-7-9-18(10-8-16)28-21-20(17(2)25-28)30-22(24-21)26(3)15-19(29)23-11-14-27-12-5-4-6-13-27/h7-10H,4-6,11-15H2,1-3H3,(H,23,29). The summed E-state index contributed by atoms with van der Waals surface area (Å²) in [7, 11) is 1.92. The average Bonchev–Trinajstić information content (AvgIpc) is 3.30. The molecule has 4 rings (SSSR count). The monoisotopic (exact) mass is 426 g/mol. The Balaban J connectivity index is 1.39. The lowest BCUT2D eigenvalue weighted by Gasteiger charge is -2.26. The number of benzene rings is 1. The van der Waals surface area contributed by atoms with E-state index < -0.39 is 0 Å². The zero-order chi connectivity index (χ0) is 21.1. The maximum absolute atomic E-state index is 12.4. The molecular weight excluding hydrogens is 396 g/mol. The number of thiazole rings is 1. The van der Waals surface area contributed by atoms with Gasteiger partial charge in [-0.25, -0.2) is 4.68 Å². The third-order valence-corrected chi connectivity index (χ3v) is 6.83. The van der Waals surface area contributed by atoms with Crippen molar-refractivity contribution < 1.29 is 4.79 Å². The Hall–Kier alpha value is -2.45. The molecule has 1 saturated heterocycles. The molecule has 1 aliphatic heterocycles. The molecular formula is C22H30N6OS. The summed E-state index contributed by atoms with van der Waals surface area (Å²) in [6.45, 7) is 8.31. The number of anilines is 1. The quantitative estimate of drug-likeness (QED) is 0.629. The van der Waals surface area contributed by atoms with Crippen LogP contribution < -0.4 is 10.2 Å². The SMILES string of the molecule is Cc1ccc(-n2nc(C)c3sc(N(C)CC(=O)NCCN4CCCCC4)nc32)cc1. The van der Waals surface area contributed by atoms with Crippen LogP contribution in [-0.2, 0) is 4.79 Å². The molecule has 0 spiro atoms. The van der Waals surface area contributed by atoms with Gasteiger partial charge >= 0.3 is 0 Å². The van der Waals surface area contributed by atoms with Crippen LogP contribution in [0.15, 0.2) is 24.3 Å². The highest BCUT2D eigenvalue weighted by Crippen LogP contribution is 2.32. The van der Waals surface area contributed by atoms with E-state index in [-0.39, 0.29) is 5.91 Å². The number of aromatic nitrogens is 3. The molecule has 1 amide bonds. The first-order chi connectivity index (χ1) is 14.5. The number of nitrogens with zero attached hydrogens (tertiary/aromatic N) is 5. The van der Waals surface area contributed by atoms with Crippen LogP contribution in [0.5, 0.6) is 0 Å². The van der Waals surface area contributed by atoms with Gasteiger partial charge in [-0.2, -0.15) is 10.1 Å². The lowest BCUT2D eigenvalue weighted by molar-refractivity contribution is -0.119. The number of likely N-dealkylation sites (N-methyl/N-ethyl adjacent to an activating group) is 1. The largest absolute Gasteiger partial charge is 0.353 e. The first kappa shape index (κ1) is 20.8. The maximum atomic E-state index is 12.4. The lowest BCUT2D eigenvalue weighted by Crippen LogP contribution is -2.41. The van der Waals surface area contributed by atoms with E-state index in [0.717, 1.165) is 46.5 Å². The van der Waals surface area contributed by atoms with Gasteiger partial charge in [0.2, 0.25) is 5.91 Å². The normalized spacial score (nSPS) is 14.9. The van der Waals surface area contributed by atoms with E-state index in [0.29, 0.717) is 13.1 Å². The second kappa shape index (κ2) is 9.14. The Kier molecular flexibility index (Phi) is 6.34. The van der Waals surface area contributed by atoms with Crippen LogP contribution >= 0.6 is 11.3 Å². The van der Waals surface area contributed by atoms with Crippen LogP contribution in [0, 0.1) is 13.8 Å². The molecule has 1 aromatic carbocycles. The molecule has 0 bridgehead atoms. The second-order valence-electron chi connectivity index (χ2n) is 8.09. The molecule has 0 saturated carbocycles. The van der Waals surface area contributed by atoms with Gasteiger partial charge in [0.1, 0.15) is 0 Å². The van der Waals surface area contributed by atoms with Crippen molar-refractivity contribution in [3.63, 3.8) is 0 Å². The molecule has 8 heteroatoms. The summed E-state index contributed by atoms with van der Waals surface area (Å²) in [4.78, 5) is 21.5. The second-order valence-corrected chi connectivity index (χ2v) is 9.07. The van der Waals surface area contributed by atoms with Crippen LogP contribution in [0.2, 0.25) is 0 Å². The number of amides is 1. The van der Waals surface area contributed by atoms with E-state index in [1.54, 1.807) is 11.3 Å². The van der Waals surface area contributed by atoms with E-state index in [9.17, 15) is 4.79 Å². The van der Waals surface area contributed by atoms with Crippen LogP contribution in [0.3, 0.4) is 0 Å². The number of rotatable bonds is 7. The number of hydrogen-bond donors (Lipinski definition) is 1. The molecule has 160 valence electrons. The van der Waals surface area contributed by atoms with Gasteiger partial charge in [0.15, 0.2) is 10.8 Å². The highest BCUT2D eigenvalue weighted by Gasteiger charge is 2.18. The Labute approximate surface area is 181 Å². The van der Waals surface area contributed by atoms with Crippen molar-refractivity contribution in [2.75, 3.05) is 44.7 Å². The van der Waals surface area contributed by atoms with Gasteiger partial charge in [-0.3, -0.25) is 4.79 Å². The predicted molar refractivity (Wildman–Crippen MR) is 123 cm³/mol. The van der Waals surface area contributed by atoms with Crippen molar-refractivity contribution >= 4 is 32.7 Å². The number of likely N-dealkylation sites (tertiary alicyclic amines) is 1. The van der Waals surface area contributed by atoms with E-state index in [1.807, 2.05) is 23.6 Å². The number of aryl methyl sites for hydroxylation is 2. The van der Waals surface area contributed by atoms with Crippen LogP contribution in [-0.4, -0.2) is 65.3 Å². The Bertz CT molecular complexity index is 1000. The molecule has 3 heterocycles. The van der Waals surface area contributed by atoms with Crippen molar-refractivity contribution in [1.29, 1.82) is 0 Å². The minimum atomic E-state index is 0.0330. The molecule has 0 aliphatic carbocycles. The molecule has 2 aromatic heterocycles. The van der Waals surface area contributed by atoms with Gasteiger partial charge in [0, 0.05) is 20.1 Å². The van der Waals surface area contributed by atoms with Crippen LogP contribution in [0.4, 0.5) is 5.13 Å². The van der Waals surface area contributed by atoms with Crippen molar-refractivity contribution in [1.82, 2.24) is 25.0 Å². The Morgan fingerprint density at radius 2 is 1.90 bits per heavy atom. The molecule has 1 aliphatic rings. The molecule has 3 aromatic rings. The van der Waals surface area contributed by atoms with Crippen molar-refractivity contribution in [3.8, 4) is 5.69 Å². The summed E-state index contributed by atoms with van der Waals surface area (Å²) in [6.07, 6.45) is 3.87. The number of carbonyl (C=O) groups excluding carboxylic acids is 1. The van der Waals surface area contributed by atoms with E-state index in [4.69, 9.17) is 4.98 Å². The van der Waals surface area contributed by atoms with Crippen molar-refractivity contribution in [2.45, 2.75) is 33.1 Å². The average molecular weight is 427 g/mol. The fourth-order valence-corrected chi connectivity index (χ4v) is 4.77. The molecule has 1 N–H and O–H groups in total. The highest BCUT2D eigenvalue weighted by molar-refractivity contribution is 7.22. The molecule has 0 unspecified atom stereocenters. The van der Waals surface area contributed by atoms with Gasteiger partial charge in [0.05, 0.1) is 22.6 Å². The third kappa shape index (κ3) is 4.65. The summed E-state index contributed by atoms with van der Waals surface area (Å²) in [5.74, 6) is 0.0330. The molecule has 0 radical (unpaired) electrons. The maximum Gasteiger partial charge on any atom is 0.239 e. The number of carbonyl (C=O) groups is 1. The number of nitrogens with one attached hydrogen (secondary N) is 1. The van der Waals surface area contributed by atoms with Gasteiger partial charge in [-0.05, 0) is 51.9 Å². The van der Waals surface area contributed by atoms with E-state index >= 15 is 0 Å². The zero-order valence-corrected chi connectivity index (χ0v) is 18.8.